The summed E-state index contributed by atoms with van der Waals surface area (Å²) in [5.41, 5.74) is 3.23. The van der Waals surface area contributed by atoms with E-state index in [4.69, 9.17) is 9.15 Å². The molecule has 0 bridgehead atoms. The van der Waals surface area contributed by atoms with Gasteiger partial charge in [0.25, 0.3) is 0 Å². The highest BCUT2D eigenvalue weighted by Gasteiger charge is 2.31. The fourth-order valence-corrected chi connectivity index (χ4v) is 3.77. The maximum absolute atomic E-state index is 12.6. The van der Waals surface area contributed by atoms with E-state index in [-0.39, 0.29) is 17.9 Å². The molecule has 0 aliphatic heterocycles. The van der Waals surface area contributed by atoms with E-state index in [1.165, 1.54) is 5.56 Å². The quantitative estimate of drug-likeness (QED) is 0.614. The Hall–Kier alpha value is -2.93. The first-order chi connectivity index (χ1) is 14.7. The lowest BCUT2D eigenvalue weighted by molar-refractivity contribution is -0.141. The first kappa shape index (κ1) is 22.7. The Balaban J connectivity index is 1.57. The minimum Gasteiger partial charge on any atom is -0.479 e. The lowest BCUT2D eigenvalue weighted by Gasteiger charge is -2.29. The SMILES string of the molecule is C=C(C)[C@@H](NC(=O)C1CCCC(OCc2nc(-c3ccc(C)cc3)oc2C)C1)C(=O)O. The van der Waals surface area contributed by atoms with E-state index in [1.807, 2.05) is 38.1 Å². The van der Waals surface area contributed by atoms with Gasteiger partial charge in [0.05, 0.1) is 12.7 Å². The van der Waals surface area contributed by atoms with Gasteiger partial charge in [0.2, 0.25) is 11.8 Å². The van der Waals surface area contributed by atoms with E-state index >= 15 is 0 Å². The summed E-state index contributed by atoms with van der Waals surface area (Å²) in [4.78, 5) is 28.5. The molecule has 1 aliphatic rings. The number of hydrogen-bond donors (Lipinski definition) is 2. The highest BCUT2D eigenvalue weighted by Crippen LogP contribution is 2.29. The summed E-state index contributed by atoms with van der Waals surface area (Å²) >= 11 is 0. The monoisotopic (exact) mass is 426 g/mol. The van der Waals surface area contributed by atoms with Gasteiger partial charge in [-0.1, -0.05) is 30.7 Å². The van der Waals surface area contributed by atoms with Crippen molar-refractivity contribution in [2.24, 2.45) is 5.92 Å². The normalized spacial score (nSPS) is 19.6. The maximum atomic E-state index is 12.6. The number of aromatic nitrogens is 1. The number of hydrogen-bond acceptors (Lipinski definition) is 5. The van der Waals surface area contributed by atoms with Crippen LogP contribution in [0.1, 0.15) is 49.6 Å². The minimum atomic E-state index is -1.10. The highest BCUT2D eigenvalue weighted by atomic mass is 16.5. The van der Waals surface area contributed by atoms with E-state index in [2.05, 4.69) is 16.9 Å². The van der Waals surface area contributed by atoms with Gasteiger partial charge in [-0.3, -0.25) is 4.79 Å². The fourth-order valence-electron chi connectivity index (χ4n) is 3.77. The summed E-state index contributed by atoms with van der Waals surface area (Å²) in [6, 6.07) is 6.92. The molecule has 0 radical (unpaired) electrons. The van der Waals surface area contributed by atoms with Crippen LogP contribution in [-0.4, -0.2) is 34.1 Å². The van der Waals surface area contributed by atoms with Crippen molar-refractivity contribution in [2.75, 3.05) is 0 Å². The van der Waals surface area contributed by atoms with Gasteiger partial charge in [0, 0.05) is 11.5 Å². The van der Waals surface area contributed by atoms with Gasteiger partial charge in [-0.2, -0.15) is 0 Å². The Morgan fingerprint density at radius 3 is 2.65 bits per heavy atom. The number of amides is 1. The molecule has 1 amide bonds. The number of carbonyl (C=O) groups excluding carboxylic acids is 1. The Kier molecular flexibility index (Phi) is 7.28. The third-order valence-corrected chi connectivity index (χ3v) is 5.67. The number of carboxylic acids is 1. The number of benzene rings is 1. The highest BCUT2D eigenvalue weighted by molar-refractivity contribution is 5.87. The average Bonchev–Trinajstić information content (AvgIpc) is 3.11. The van der Waals surface area contributed by atoms with Crippen LogP contribution in [0.25, 0.3) is 11.5 Å². The fraction of sp³-hybridized carbons (Fsp3) is 0.458. The molecule has 2 N–H and O–H groups in total. The van der Waals surface area contributed by atoms with Crippen LogP contribution in [0.15, 0.2) is 40.8 Å². The van der Waals surface area contributed by atoms with E-state index in [0.717, 1.165) is 30.5 Å². The van der Waals surface area contributed by atoms with Crippen molar-refractivity contribution in [2.45, 2.75) is 65.2 Å². The Morgan fingerprint density at radius 1 is 1.29 bits per heavy atom. The molecule has 1 heterocycles. The molecule has 0 saturated heterocycles. The number of nitrogens with zero attached hydrogens (tertiary/aromatic N) is 1. The van der Waals surface area contributed by atoms with Crippen LogP contribution < -0.4 is 5.32 Å². The zero-order valence-corrected chi connectivity index (χ0v) is 18.3. The van der Waals surface area contributed by atoms with E-state index in [9.17, 15) is 14.7 Å². The summed E-state index contributed by atoms with van der Waals surface area (Å²) in [5, 5.41) is 11.9. The lowest BCUT2D eigenvalue weighted by atomic mass is 9.86. The van der Waals surface area contributed by atoms with Crippen LogP contribution in [0.4, 0.5) is 0 Å². The third-order valence-electron chi connectivity index (χ3n) is 5.67. The zero-order chi connectivity index (χ0) is 22.5. The summed E-state index contributed by atoms with van der Waals surface area (Å²) < 4.78 is 11.9. The number of aliphatic carboxylic acids is 1. The van der Waals surface area contributed by atoms with Gasteiger partial charge in [0.15, 0.2) is 0 Å². The Bertz CT molecular complexity index is 933. The average molecular weight is 427 g/mol. The molecule has 1 saturated carbocycles. The topological polar surface area (TPSA) is 102 Å². The van der Waals surface area contributed by atoms with Gasteiger partial charge >= 0.3 is 5.97 Å². The summed E-state index contributed by atoms with van der Waals surface area (Å²) in [7, 11) is 0. The standard InChI is InChI=1S/C24H30N2O5/c1-14(2)21(24(28)29)26-22(27)18-6-5-7-19(12-18)30-13-20-16(4)31-23(25-20)17-10-8-15(3)9-11-17/h8-11,18-19,21H,1,5-7,12-13H2,2-4H3,(H,26,27)(H,28,29)/t18?,19?,21-/m1/s1. The molecule has 7 nitrogen and oxygen atoms in total. The summed E-state index contributed by atoms with van der Waals surface area (Å²) in [5.74, 6) is -0.359. The van der Waals surface area contributed by atoms with Crippen molar-refractivity contribution in [3.63, 3.8) is 0 Å². The van der Waals surface area contributed by atoms with Crippen molar-refractivity contribution < 1.29 is 23.8 Å². The van der Waals surface area contributed by atoms with Crippen LogP contribution in [0, 0.1) is 19.8 Å². The molecule has 2 unspecified atom stereocenters. The maximum Gasteiger partial charge on any atom is 0.330 e. The van der Waals surface area contributed by atoms with Crippen molar-refractivity contribution in [3.8, 4) is 11.5 Å². The third kappa shape index (κ3) is 5.82. The second kappa shape index (κ2) is 9.92. The molecule has 3 atom stereocenters. The zero-order valence-electron chi connectivity index (χ0n) is 18.3. The number of carboxylic acid groups (broad SMARTS) is 1. The van der Waals surface area contributed by atoms with Crippen molar-refractivity contribution >= 4 is 11.9 Å². The summed E-state index contributed by atoms with van der Waals surface area (Å²) in [6.45, 7) is 9.45. The van der Waals surface area contributed by atoms with Crippen LogP contribution in [0.2, 0.25) is 0 Å². The van der Waals surface area contributed by atoms with Gasteiger partial charge in [-0.05, 0) is 57.7 Å². The molecule has 166 valence electrons. The van der Waals surface area contributed by atoms with Gasteiger partial charge in [-0.15, -0.1) is 0 Å². The first-order valence-corrected chi connectivity index (χ1v) is 10.6. The Morgan fingerprint density at radius 2 is 2.00 bits per heavy atom. The van der Waals surface area contributed by atoms with Crippen LogP contribution in [-0.2, 0) is 20.9 Å². The van der Waals surface area contributed by atoms with Crippen LogP contribution >= 0.6 is 0 Å². The molecule has 1 fully saturated rings. The number of nitrogens with one attached hydrogen (secondary N) is 1. The van der Waals surface area contributed by atoms with E-state index in [0.29, 0.717) is 30.3 Å². The molecule has 1 aromatic carbocycles. The van der Waals surface area contributed by atoms with Crippen molar-refractivity contribution in [3.05, 3.63) is 53.4 Å². The molecule has 1 aliphatic carbocycles. The number of oxazole rings is 1. The van der Waals surface area contributed by atoms with Gasteiger partial charge < -0.3 is 19.6 Å². The van der Waals surface area contributed by atoms with Crippen molar-refractivity contribution in [1.29, 1.82) is 0 Å². The molecule has 2 aromatic rings. The molecular weight excluding hydrogens is 396 g/mol. The molecule has 3 rings (SSSR count). The summed E-state index contributed by atoms with van der Waals surface area (Å²) in [6.07, 6.45) is 2.88. The van der Waals surface area contributed by atoms with Gasteiger partial charge in [0.1, 0.15) is 17.5 Å². The van der Waals surface area contributed by atoms with E-state index < -0.39 is 12.0 Å². The molecule has 0 spiro atoms. The van der Waals surface area contributed by atoms with E-state index in [1.54, 1.807) is 6.92 Å². The number of aryl methyl sites for hydroxylation is 2. The molecule has 7 heteroatoms. The predicted octanol–water partition coefficient (Wildman–Crippen LogP) is 4.18. The second-order valence-corrected chi connectivity index (χ2v) is 8.31. The molecule has 31 heavy (non-hydrogen) atoms. The van der Waals surface area contributed by atoms with Crippen molar-refractivity contribution in [1.82, 2.24) is 10.3 Å². The lowest BCUT2D eigenvalue weighted by Crippen LogP contribution is -2.45. The molecular formula is C24H30N2O5. The number of carbonyl (C=O) groups is 2. The number of rotatable bonds is 8. The second-order valence-electron chi connectivity index (χ2n) is 8.31. The smallest absolute Gasteiger partial charge is 0.330 e. The Labute approximate surface area is 182 Å². The predicted molar refractivity (Wildman–Crippen MR) is 116 cm³/mol. The number of ether oxygens (including phenoxy) is 1. The van der Waals surface area contributed by atoms with Gasteiger partial charge in [-0.25, -0.2) is 9.78 Å². The van der Waals surface area contributed by atoms with Crippen LogP contribution in [0.5, 0.6) is 0 Å². The minimum absolute atomic E-state index is 0.0865. The molecule has 1 aromatic heterocycles. The first-order valence-electron chi connectivity index (χ1n) is 10.6. The van der Waals surface area contributed by atoms with Crippen LogP contribution in [0.3, 0.4) is 0 Å². The largest absolute Gasteiger partial charge is 0.479 e.